The van der Waals surface area contributed by atoms with Gasteiger partial charge in [-0.05, 0) is 37.3 Å². The number of carbonyl (C=O) groups excluding carboxylic acids is 1. The van der Waals surface area contributed by atoms with Gasteiger partial charge in [-0.25, -0.2) is 9.98 Å². The molecule has 2 N–H and O–H groups in total. The van der Waals surface area contributed by atoms with Gasteiger partial charge in [0.05, 0.1) is 17.7 Å². The van der Waals surface area contributed by atoms with Crippen LogP contribution in [0.5, 0.6) is 5.75 Å². The van der Waals surface area contributed by atoms with Crippen molar-refractivity contribution in [1.82, 2.24) is 4.98 Å². The van der Waals surface area contributed by atoms with Gasteiger partial charge in [0.15, 0.2) is 10.3 Å². The number of thioether (sulfide) groups is 1. The highest BCUT2D eigenvalue weighted by Gasteiger charge is 2.35. The van der Waals surface area contributed by atoms with Crippen LogP contribution in [0.15, 0.2) is 59.7 Å². The molecule has 4 rings (SSSR count). The minimum absolute atomic E-state index is 0.179. The van der Waals surface area contributed by atoms with Gasteiger partial charge in [-0.2, -0.15) is 0 Å². The van der Waals surface area contributed by atoms with Crippen molar-refractivity contribution >= 4 is 56.6 Å². The molecule has 0 saturated heterocycles. The van der Waals surface area contributed by atoms with E-state index in [1.54, 1.807) is 43.3 Å². The topological polar surface area (TPSA) is 75.6 Å². The van der Waals surface area contributed by atoms with Crippen LogP contribution in [0.3, 0.4) is 0 Å². The number of aromatic nitrogens is 1. The largest absolute Gasteiger partial charge is 0.495 e. The molecule has 9 heteroatoms. The van der Waals surface area contributed by atoms with E-state index in [1.807, 2.05) is 30.3 Å². The van der Waals surface area contributed by atoms with Gasteiger partial charge in [0.25, 0.3) is 5.91 Å². The molecule has 0 fully saturated rings. The average molecular weight is 459 g/mol. The Bertz CT molecular complexity index is 1100. The smallest absolute Gasteiger partial charge is 0.257 e. The molecule has 0 saturated carbocycles. The molecule has 1 unspecified atom stereocenters. The van der Waals surface area contributed by atoms with E-state index >= 15 is 0 Å². The van der Waals surface area contributed by atoms with Gasteiger partial charge >= 0.3 is 0 Å². The average Bonchev–Trinajstić information content (AvgIpc) is 3.37. The SMILES string of the molecule is COc1ccc(Cl)cc1NC1=NC(C)(c2cnc(NC(=O)c3ccccc3)s2)CS1. The molecule has 1 aliphatic heterocycles. The third kappa shape index (κ3) is 4.45. The van der Waals surface area contributed by atoms with Crippen molar-refractivity contribution in [3.05, 3.63) is 70.2 Å². The van der Waals surface area contributed by atoms with Crippen molar-refractivity contribution in [3.8, 4) is 5.75 Å². The zero-order chi connectivity index (χ0) is 21.1. The van der Waals surface area contributed by atoms with Crippen LogP contribution in [0.1, 0.15) is 22.2 Å². The molecule has 0 radical (unpaired) electrons. The second-order valence-electron chi connectivity index (χ2n) is 6.80. The van der Waals surface area contributed by atoms with E-state index in [0.29, 0.717) is 21.5 Å². The molecule has 0 bridgehead atoms. The number of aliphatic imine (C=N–C) groups is 1. The molecule has 1 aromatic heterocycles. The fourth-order valence-corrected chi connectivity index (χ4v) is 5.17. The Kier molecular flexibility index (Phi) is 5.99. The van der Waals surface area contributed by atoms with E-state index < -0.39 is 5.54 Å². The Hall–Kier alpha value is -2.55. The van der Waals surface area contributed by atoms with Crippen LogP contribution in [0, 0.1) is 0 Å². The van der Waals surface area contributed by atoms with Gasteiger partial charge in [-0.15, -0.1) is 0 Å². The highest BCUT2D eigenvalue weighted by atomic mass is 35.5. The Labute approximate surface area is 187 Å². The highest BCUT2D eigenvalue weighted by molar-refractivity contribution is 8.14. The molecule has 1 amide bonds. The first-order valence-electron chi connectivity index (χ1n) is 9.13. The summed E-state index contributed by atoms with van der Waals surface area (Å²) in [6, 6.07) is 14.5. The third-order valence-electron chi connectivity index (χ3n) is 4.53. The second kappa shape index (κ2) is 8.67. The first kappa shape index (κ1) is 20.7. The molecule has 3 aromatic rings. The fraction of sp³-hybridized carbons (Fsp3) is 0.190. The van der Waals surface area contributed by atoms with Crippen molar-refractivity contribution in [2.24, 2.45) is 4.99 Å². The zero-order valence-electron chi connectivity index (χ0n) is 16.3. The summed E-state index contributed by atoms with van der Waals surface area (Å²) in [5.74, 6) is 1.27. The monoisotopic (exact) mass is 458 g/mol. The predicted molar refractivity (Wildman–Crippen MR) is 125 cm³/mol. The van der Waals surface area contributed by atoms with Crippen LogP contribution in [0.25, 0.3) is 0 Å². The second-order valence-corrected chi connectivity index (χ2v) is 9.23. The Morgan fingerprint density at radius 2 is 2.03 bits per heavy atom. The number of benzene rings is 2. The number of methoxy groups -OCH3 is 1. The van der Waals surface area contributed by atoms with E-state index in [0.717, 1.165) is 21.5 Å². The lowest BCUT2D eigenvalue weighted by Gasteiger charge is -2.16. The Morgan fingerprint density at radius 1 is 1.23 bits per heavy atom. The van der Waals surface area contributed by atoms with Gasteiger partial charge < -0.3 is 10.1 Å². The first-order valence-corrected chi connectivity index (χ1v) is 11.3. The van der Waals surface area contributed by atoms with E-state index in [9.17, 15) is 4.79 Å². The number of hydrogen-bond acceptors (Lipinski definition) is 7. The van der Waals surface area contributed by atoms with Gasteiger partial charge in [-0.3, -0.25) is 10.1 Å². The highest BCUT2D eigenvalue weighted by Crippen LogP contribution is 2.41. The lowest BCUT2D eigenvalue weighted by Crippen LogP contribution is -2.17. The molecule has 0 spiro atoms. The minimum Gasteiger partial charge on any atom is -0.495 e. The fourth-order valence-electron chi connectivity index (χ4n) is 2.92. The van der Waals surface area contributed by atoms with Crippen molar-refractivity contribution in [1.29, 1.82) is 0 Å². The minimum atomic E-state index is -0.438. The van der Waals surface area contributed by atoms with E-state index in [-0.39, 0.29) is 5.91 Å². The number of ether oxygens (including phenoxy) is 1. The van der Waals surface area contributed by atoms with Gasteiger partial charge in [0, 0.05) is 22.5 Å². The Morgan fingerprint density at radius 3 is 2.80 bits per heavy atom. The number of nitrogens with zero attached hydrogens (tertiary/aromatic N) is 2. The van der Waals surface area contributed by atoms with Crippen LogP contribution in [0.2, 0.25) is 5.02 Å². The summed E-state index contributed by atoms with van der Waals surface area (Å²) in [4.78, 5) is 22.6. The number of amidine groups is 1. The van der Waals surface area contributed by atoms with Crippen LogP contribution in [-0.2, 0) is 5.54 Å². The van der Waals surface area contributed by atoms with Crippen LogP contribution >= 0.6 is 34.7 Å². The number of amides is 1. The number of anilines is 2. The van der Waals surface area contributed by atoms with Gasteiger partial charge in [0.2, 0.25) is 0 Å². The van der Waals surface area contributed by atoms with Crippen LogP contribution in [-0.4, -0.2) is 28.9 Å². The maximum Gasteiger partial charge on any atom is 0.257 e. The summed E-state index contributed by atoms with van der Waals surface area (Å²) in [5.41, 5.74) is 0.920. The molecule has 1 atom stereocenters. The molecule has 154 valence electrons. The first-order chi connectivity index (χ1) is 14.5. The number of hydrogen-bond donors (Lipinski definition) is 2. The van der Waals surface area contributed by atoms with Crippen LogP contribution < -0.4 is 15.4 Å². The third-order valence-corrected chi connectivity index (χ3v) is 7.11. The number of halogens is 1. The van der Waals surface area contributed by atoms with E-state index in [1.165, 1.54) is 11.3 Å². The molecule has 2 heterocycles. The number of thiazole rings is 1. The summed E-state index contributed by atoms with van der Waals surface area (Å²) in [6.45, 7) is 2.06. The van der Waals surface area contributed by atoms with Gasteiger partial charge in [-0.1, -0.05) is 52.9 Å². The van der Waals surface area contributed by atoms with Crippen molar-refractivity contribution < 1.29 is 9.53 Å². The molecule has 30 heavy (non-hydrogen) atoms. The Balaban J connectivity index is 1.49. The summed E-state index contributed by atoms with van der Waals surface area (Å²) in [6.07, 6.45) is 1.78. The molecule has 1 aliphatic rings. The summed E-state index contributed by atoms with van der Waals surface area (Å²) in [7, 11) is 1.62. The lowest BCUT2D eigenvalue weighted by atomic mass is 10.1. The van der Waals surface area contributed by atoms with Crippen LogP contribution in [0.4, 0.5) is 10.8 Å². The number of rotatable bonds is 5. The maximum atomic E-state index is 12.4. The molecule has 0 aliphatic carbocycles. The molecular formula is C21H19ClN4O2S2. The van der Waals surface area contributed by atoms with E-state index in [2.05, 4.69) is 22.5 Å². The predicted octanol–water partition coefficient (Wildman–Crippen LogP) is 5.49. The summed E-state index contributed by atoms with van der Waals surface area (Å²) < 4.78 is 5.39. The van der Waals surface area contributed by atoms with Crippen molar-refractivity contribution in [3.63, 3.8) is 0 Å². The standard InChI is InChI=1S/C21H19ClN4O2S2/c1-21(12-29-20(26-21)24-15-10-14(22)8-9-16(15)28-2)17-11-23-19(30-17)25-18(27)13-6-4-3-5-7-13/h3-11H,12H2,1-2H3,(H,24,26)(H,23,25,27). The quantitative estimate of drug-likeness (QED) is 0.529. The summed E-state index contributed by atoms with van der Waals surface area (Å²) >= 11 is 9.17. The molecule has 6 nitrogen and oxygen atoms in total. The normalized spacial score (nSPS) is 18.0. The molecular weight excluding hydrogens is 440 g/mol. The molecule has 2 aromatic carbocycles. The number of nitrogens with one attached hydrogen (secondary N) is 2. The lowest BCUT2D eigenvalue weighted by molar-refractivity contribution is 0.102. The zero-order valence-corrected chi connectivity index (χ0v) is 18.7. The van der Waals surface area contributed by atoms with Gasteiger partial charge in [0.1, 0.15) is 11.3 Å². The van der Waals surface area contributed by atoms with E-state index in [4.69, 9.17) is 21.3 Å². The summed E-state index contributed by atoms with van der Waals surface area (Å²) in [5, 5.41) is 8.11. The number of carbonyl (C=O) groups is 1. The van der Waals surface area contributed by atoms with Crippen molar-refractivity contribution in [2.45, 2.75) is 12.5 Å². The van der Waals surface area contributed by atoms with Crippen molar-refractivity contribution in [2.75, 3.05) is 23.5 Å². The maximum absolute atomic E-state index is 12.4.